The molecular weight excluding hydrogens is 230 g/mol. The highest BCUT2D eigenvalue weighted by Gasteiger charge is 2.21. The minimum absolute atomic E-state index is 0.379. The topological polar surface area (TPSA) is 58.2 Å². The predicted molar refractivity (Wildman–Crippen MR) is 70.7 cm³/mol. The molecule has 0 aliphatic carbocycles. The first-order chi connectivity index (χ1) is 8.38. The number of H-pyrrole nitrogens is 1. The Balaban J connectivity index is 2.31. The Morgan fingerprint density at radius 1 is 1.39 bits per heavy atom. The molecule has 0 spiro atoms. The fourth-order valence-corrected chi connectivity index (χ4v) is 1.67. The van der Waals surface area contributed by atoms with E-state index in [4.69, 9.17) is 4.74 Å². The number of hydrogen-bond acceptors (Lipinski definition) is 3. The van der Waals surface area contributed by atoms with Crippen LogP contribution in [0.3, 0.4) is 0 Å². The Hall–Kier alpha value is -2.04. The van der Waals surface area contributed by atoms with Crippen LogP contribution >= 0.6 is 0 Å². The third kappa shape index (κ3) is 2.45. The molecule has 0 bridgehead atoms. The van der Waals surface area contributed by atoms with Crippen LogP contribution in [-0.4, -0.2) is 28.7 Å². The molecule has 0 fully saturated rings. The number of ether oxygens (including phenoxy) is 1. The monoisotopic (exact) mass is 247 g/mol. The summed E-state index contributed by atoms with van der Waals surface area (Å²) in [7, 11) is 1.69. The van der Waals surface area contributed by atoms with Gasteiger partial charge in [-0.05, 0) is 32.9 Å². The first-order valence-corrected chi connectivity index (χ1v) is 5.77. The highest BCUT2D eigenvalue weighted by Crippen LogP contribution is 2.24. The number of amides is 1. The largest absolute Gasteiger partial charge is 0.443 e. The van der Waals surface area contributed by atoms with Crippen LogP contribution in [0.5, 0.6) is 0 Å². The first kappa shape index (κ1) is 12.4. The van der Waals surface area contributed by atoms with Crippen molar-refractivity contribution < 1.29 is 9.53 Å². The van der Waals surface area contributed by atoms with Gasteiger partial charge in [-0.2, -0.15) is 0 Å². The lowest BCUT2D eigenvalue weighted by molar-refractivity contribution is 0.0590. The van der Waals surface area contributed by atoms with E-state index in [1.807, 2.05) is 26.8 Å². The summed E-state index contributed by atoms with van der Waals surface area (Å²) in [5.41, 5.74) is 1.02. The lowest BCUT2D eigenvalue weighted by Crippen LogP contribution is -2.34. The van der Waals surface area contributed by atoms with E-state index in [0.29, 0.717) is 0 Å². The van der Waals surface area contributed by atoms with Crippen LogP contribution in [0.25, 0.3) is 11.0 Å². The van der Waals surface area contributed by atoms with Crippen LogP contribution in [0.1, 0.15) is 20.8 Å². The van der Waals surface area contributed by atoms with Gasteiger partial charge in [-0.15, -0.1) is 0 Å². The lowest BCUT2D eigenvalue weighted by Gasteiger charge is -2.24. The number of rotatable bonds is 1. The summed E-state index contributed by atoms with van der Waals surface area (Å²) in [4.78, 5) is 20.7. The first-order valence-electron chi connectivity index (χ1n) is 5.77. The molecule has 2 aromatic rings. The number of fused-ring (bicyclic) bond motifs is 1. The van der Waals surface area contributed by atoms with E-state index >= 15 is 0 Å². The van der Waals surface area contributed by atoms with E-state index in [1.54, 1.807) is 25.5 Å². The fourth-order valence-electron chi connectivity index (χ4n) is 1.67. The zero-order valence-corrected chi connectivity index (χ0v) is 11.0. The van der Waals surface area contributed by atoms with E-state index in [1.165, 1.54) is 4.90 Å². The van der Waals surface area contributed by atoms with Crippen molar-refractivity contribution in [1.29, 1.82) is 0 Å². The van der Waals surface area contributed by atoms with Crippen molar-refractivity contribution in [3.05, 3.63) is 24.5 Å². The Morgan fingerprint density at radius 2 is 2.11 bits per heavy atom. The molecule has 5 heteroatoms. The molecular formula is C13H17N3O2. The van der Waals surface area contributed by atoms with Crippen LogP contribution in [-0.2, 0) is 4.74 Å². The maximum atomic E-state index is 12.0. The normalized spacial score (nSPS) is 11.6. The van der Waals surface area contributed by atoms with Gasteiger partial charge in [0, 0.05) is 24.8 Å². The van der Waals surface area contributed by atoms with Crippen LogP contribution in [0, 0.1) is 0 Å². The fraction of sp³-hybridized carbons (Fsp3) is 0.385. The standard InChI is InChI=1S/C13H17N3O2/c1-13(2,3)18-12(17)16(4)10-6-8-15-11-9(10)5-7-14-11/h5-8H,1-4H3,(H,14,15). The number of hydrogen-bond donors (Lipinski definition) is 1. The molecule has 0 saturated heterocycles. The molecule has 96 valence electrons. The van der Waals surface area contributed by atoms with Gasteiger partial charge in [0.25, 0.3) is 0 Å². The smallest absolute Gasteiger partial charge is 0.414 e. The number of carbonyl (C=O) groups excluding carboxylic acids is 1. The zero-order chi connectivity index (χ0) is 13.3. The number of aromatic amines is 1. The van der Waals surface area contributed by atoms with Crippen LogP contribution in [0.2, 0.25) is 0 Å². The average Bonchev–Trinajstić information content (AvgIpc) is 2.73. The molecule has 18 heavy (non-hydrogen) atoms. The SMILES string of the molecule is CN(C(=O)OC(C)(C)C)c1ccnc2[nH]ccc12. The molecule has 1 amide bonds. The van der Waals surface area contributed by atoms with Gasteiger partial charge in [-0.25, -0.2) is 9.78 Å². The minimum atomic E-state index is -0.504. The van der Waals surface area contributed by atoms with Gasteiger partial charge in [0.15, 0.2) is 0 Å². The zero-order valence-electron chi connectivity index (χ0n) is 11.0. The molecule has 0 atom stereocenters. The molecule has 2 rings (SSSR count). The van der Waals surface area contributed by atoms with E-state index in [-0.39, 0.29) is 6.09 Å². The van der Waals surface area contributed by atoms with Gasteiger partial charge in [-0.3, -0.25) is 4.90 Å². The Labute approximate surface area is 106 Å². The molecule has 0 aromatic carbocycles. The molecule has 0 aliphatic heterocycles. The third-order valence-corrected chi connectivity index (χ3v) is 2.47. The maximum Gasteiger partial charge on any atom is 0.414 e. The van der Waals surface area contributed by atoms with E-state index < -0.39 is 5.60 Å². The van der Waals surface area contributed by atoms with E-state index in [2.05, 4.69) is 9.97 Å². The third-order valence-electron chi connectivity index (χ3n) is 2.47. The summed E-state index contributed by atoms with van der Waals surface area (Å²) >= 11 is 0. The highest BCUT2D eigenvalue weighted by atomic mass is 16.6. The van der Waals surface area contributed by atoms with Crippen molar-refractivity contribution >= 4 is 22.8 Å². The summed E-state index contributed by atoms with van der Waals surface area (Å²) in [5.74, 6) is 0. The molecule has 1 N–H and O–H groups in total. The number of anilines is 1. The molecule has 0 aliphatic rings. The summed E-state index contributed by atoms with van der Waals surface area (Å²) < 4.78 is 5.34. The average molecular weight is 247 g/mol. The van der Waals surface area contributed by atoms with Crippen molar-refractivity contribution in [2.45, 2.75) is 26.4 Å². The van der Waals surface area contributed by atoms with E-state index in [9.17, 15) is 4.79 Å². The number of nitrogens with one attached hydrogen (secondary N) is 1. The van der Waals surface area contributed by atoms with Crippen LogP contribution in [0.15, 0.2) is 24.5 Å². The molecule has 2 heterocycles. The van der Waals surface area contributed by atoms with Crippen molar-refractivity contribution in [3.8, 4) is 0 Å². The summed E-state index contributed by atoms with van der Waals surface area (Å²) in [6, 6.07) is 3.68. The molecule has 0 unspecified atom stereocenters. The van der Waals surface area contributed by atoms with Crippen molar-refractivity contribution in [1.82, 2.24) is 9.97 Å². The molecule has 5 nitrogen and oxygen atoms in total. The maximum absolute atomic E-state index is 12.0. The Bertz CT molecular complexity index is 569. The quantitative estimate of drug-likeness (QED) is 0.842. The number of carbonyl (C=O) groups is 1. The highest BCUT2D eigenvalue weighted by molar-refractivity contribution is 5.98. The van der Waals surface area contributed by atoms with Crippen LogP contribution in [0.4, 0.5) is 10.5 Å². The Kier molecular flexibility index (Phi) is 2.98. The molecule has 0 radical (unpaired) electrons. The lowest BCUT2D eigenvalue weighted by atomic mass is 10.2. The second kappa shape index (κ2) is 4.33. The van der Waals surface area contributed by atoms with Crippen molar-refractivity contribution in [2.75, 3.05) is 11.9 Å². The van der Waals surface area contributed by atoms with Gasteiger partial charge in [-0.1, -0.05) is 0 Å². The molecule has 2 aromatic heterocycles. The molecule has 0 saturated carbocycles. The summed E-state index contributed by atoms with van der Waals surface area (Å²) in [6.07, 6.45) is 3.08. The summed E-state index contributed by atoms with van der Waals surface area (Å²) in [5, 5.41) is 0.894. The van der Waals surface area contributed by atoms with Gasteiger partial charge in [0.2, 0.25) is 0 Å². The number of aromatic nitrogens is 2. The predicted octanol–water partition coefficient (Wildman–Crippen LogP) is 2.93. The number of nitrogens with zero attached hydrogens (tertiary/aromatic N) is 2. The second-order valence-corrected chi connectivity index (χ2v) is 5.11. The van der Waals surface area contributed by atoms with Gasteiger partial charge in [0.05, 0.1) is 5.69 Å². The van der Waals surface area contributed by atoms with Crippen molar-refractivity contribution in [2.24, 2.45) is 0 Å². The van der Waals surface area contributed by atoms with Crippen LogP contribution < -0.4 is 4.90 Å². The van der Waals surface area contributed by atoms with Gasteiger partial charge in [0.1, 0.15) is 11.2 Å². The van der Waals surface area contributed by atoms with E-state index in [0.717, 1.165) is 16.7 Å². The van der Waals surface area contributed by atoms with Gasteiger partial charge >= 0.3 is 6.09 Å². The Morgan fingerprint density at radius 3 is 2.78 bits per heavy atom. The minimum Gasteiger partial charge on any atom is -0.443 e. The number of pyridine rings is 1. The summed E-state index contributed by atoms with van der Waals surface area (Å²) in [6.45, 7) is 5.53. The van der Waals surface area contributed by atoms with Gasteiger partial charge < -0.3 is 9.72 Å². The second-order valence-electron chi connectivity index (χ2n) is 5.11. The van der Waals surface area contributed by atoms with Crippen molar-refractivity contribution in [3.63, 3.8) is 0 Å².